The Morgan fingerprint density at radius 3 is 1.49 bits per heavy atom. The second kappa shape index (κ2) is 16.8. The maximum atomic E-state index is 13.5. The van der Waals surface area contributed by atoms with Crippen LogP contribution >= 0.6 is 0 Å². The Kier molecular flexibility index (Phi) is 13.8. The number of carbonyl (C=O) groups is 3. The van der Waals surface area contributed by atoms with E-state index in [1.165, 1.54) is 20.8 Å². The molecule has 4 atom stereocenters. The largest absolute Gasteiger partial charge is 0.456 e. The van der Waals surface area contributed by atoms with E-state index in [2.05, 4.69) is 41.5 Å². The van der Waals surface area contributed by atoms with Crippen LogP contribution in [0.2, 0.25) is 23.2 Å². The Balaban J connectivity index is 2.16. The van der Waals surface area contributed by atoms with Crippen LogP contribution in [0.15, 0.2) is 91.0 Å². The van der Waals surface area contributed by atoms with Gasteiger partial charge < -0.3 is 28.2 Å². The summed E-state index contributed by atoms with van der Waals surface area (Å²) in [5.41, 5.74) is -1.87. The third-order valence-electron chi connectivity index (χ3n) is 9.72. The molecule has 0 amide bonds. The number of rotatable bonds is 15. The molecule has 0 radical (unpaired) electrons. The third-order valence-corrected chi connectivity index (χ3v) is 19.2. The SMILES string of the molecule is CC(=O)O[C@@H](CO[Si](c1ccccc1)(c1ccccc1)C(C)(C)C)[C@H](OC(C)=O)[C@@](C)(O)[C@H](CO[Si](C)(C)C(C)(C)C)OC(=O)c1ccccc1. The van der Waals surface area contributed by atoms with Crippen LogP contribution in [0.3, 0.4) is 0 Å². The molecular weight excluding hydrogens is 681 g/mol. The highest BCUT2D eigenvalue weighted by Crippen LogP contribution is 2.39. The lowest BCUT2D eigenvalue weighted by Crippen LogP contribution is -2.68. The van der Waals surface area contributed by atoms with Crippen LogP contribution in [0.5, 0.6) is 0 Å². The molecule has 0 unspecified atom stereocenters. The van der Waals surface area contributed by atoms with Gasteiger partial charge in [0.25, 0.3) is 8.32 Å². The van der Waals surface area contributed by atoms with Crippen molar-refractivity contribution in [3.63, 3.8) is 0 Å². The molecule has 9 nitrogen and oxygen atoms in total. The van der Waals surface area contributed by atoms with Crippen molar-refractivity contribution in [1.82, 2.24) is 0 Å². The maximum Gasteiger partial charge on any atom is 0.338 e. The molecule has 0 fully saturated rings. The average Bonchev–Trinajstić information content (AvgIpc) is 3.05. The number of esters is 3. The highest BCUT2D eigenvalue weighted by Gasteiger charge is 2.54. The Morgan fingerprint density at radius 2 is 1.08 bits per heavy atom. The van der Waals surface area contributed by atoms with Crippen LogP contribution in [-0.4, -0.2) is 76.8 Å². The summed E-state index contributed by atoms with van der Waals surface area (Å²) in [7, 11) is -5.63. The second-order valence-corrected chi connectivity index (χ2v) is 24.8. The molecule has 0 aromatic heterocycles. The molecule has 3 aromatic rings. The van der Waals surface area contributed by atoms with Crippen molar-refractivity contribution in [1.29, 1.82) is 0 Å². The van der Waals surface area contributed by atoms with Gasteiger partial charge in [0, 0.05) is 13.8 Å². The van der Waals surface area contributed by atoms with Gasteiger partial charge in [0.15, 0.2) is 26.6 Å². The fourth-order valence-corrected chi connectivity index (χ4v) is 11.5. The molecular formula is C40H56O9Si2. The first-order chi connectivity index (χ1) is 23.6. The highest BCUT2D eigenvalue weighted by molar-refractivity contribution is 6.99. The number of hydrogen-bond donors (Lipinski definition) is 1. The van der Waals surface area contributed by atoms with E-state index < -0.39 is 63.5 Å². The van der Waals surface area contributed by atoms with E-state index in [0.717, 1.165) is 10.4 Å². The van der Waals surface area contributed by atoms with Crippen LogP contribution in [0.1, 0.15) is 72.7 Å². The van der Waals surface area contributed by atoms with E-state index >= 15 is 0 Å². The van der Waals surface area contributed by atoms with Gasteiger partial charge in [-0.1, -0.05) is 120 Å². The van der Waals surface area contributed by atoms with Crippen molar-refractivity contribution in [2.24, 2.45) is 0 Å². The van der Waals surface area contributed by atoms with Gasteiger partial charge >= 0.3 is 17.9 Å². The summed E-state index contributed by atoms with van der Waals surface area (Å²) in [6.45, 7) is 20.0. The zero-order valence-electron chi connectivity index (χ0n) is 32.0. The molecule has 0 saturated heterocycles. The first-order valence-electron chi connectivity index (χ1n) is 17.4. The fraction of sp³-hybridized carbons (Fsp3) is 0.475. The Hall–Kier alpha value is -3.62. The molecule has 0 heterocycles. The van der Waals surface area contributed by atoms with Gasteiger partial charge in [-0.25, -0.2) is 4.79 Å². The van der Waals surface area contributed by atoms with Crippen LogP contribution in [0, 0.1) is 0 Å². The Bertz CT molecular complexity index is 1540. The van der Waals surface area contributed by atoms with E-state index in [0.29, 0.717) is 0 Å². The number of benzene rings is 3. The topological polar surface area (TPSA) is 118 Å². The van der Waals surface area contributed by atoms with Gasteiger partial charge in [0.1, 0.15) is 5.60 Å². The van der Waals surface area contributed by atoms with Crippen molar-refractivity contribution in [3.05, 3.63) is 96.6 Å². The predicted octanol–water partition coefficient (Wildman–Crippen LogP) is 6.42. The van der Waals surface area contributed by atoms with Crippen LogP contribution in [-0.2, 0) is 32.7 Å². The summed E-state index contributed by atoms with van der Waals surface area (Å²) < 4.78 is 31.3. The summed E-state index contributed by atoms with van der Waals surface area (Å²) in [5.74, 6) is -2.11. The number of ether oxygens (including phenoxy) is 3. The number of hydrogen-bond acceptors (Lipinski definition) is 9. The molecule has 3 rings (SSSR count). The van der Waals surface area contributed by atoms with E-state index in [1.807, 2.05) is 73.8 Å². The fourth-order valence-electron chi connectivity index (χ4n) is 5.89. The van der Waals surface area contributed by atoms with Crippen molar-refractivity contribution in [2.75, 3.05) is 13.2 Å². The molecule has 0 spiro atoms. The molecule has 278 valence electrons. The molecule has 0 aliphatic rings. The van der Waals surface area contributed by atoms with Gasteiger partial charge in [-0.15, -0.1) is 0 Å². The molecule has 0 aliphatic carbocycles. The normalized spacial score (nSPS) is 15.5. The monoisotopic (exact) mass is 736 g/mol. The Morgan fingerprint density at radius 1 is 0.627 bits per heavy atom. The van der Waals surface area contributed by atoms with Crippen molar-refractivity contribution < 1.29 is 42.6 Å². The standard InChI is InChI=1S/C40H56O9Si2/c1-29(41)47-34(27-46-51(39(6,7)8,32-23-17-13-18-24-32)33-25-19-14-20-26-33)36(48-30(2)42)40(9,44)35(28-45-50(10,11)38(3,4)5)49-37(43)31-21-15-12-16-22-31/h12-26,34-36,44H,27-28H2,1-11H3/t34-,35-,36-,40-/m0/s1. The molecule has 1 N–H and O–H groups in total. The smallest absolute Gasteiger partial charge is 0.338 e. The van der Waals surface area contributed by atoms with Crippen LogP contribution < -0.4 is 10.4 Å². The first kappa shape index (κ1) is 41.8. The van der Waals surface area contributed by atoms with E-state index in [-0.39, 0.29) is 23.8 Å². The van der Waals surface area contributed by atoms with Crippen LogP contribution in [0.25, 0.3) is 0 Å². The van der Waals surface area contributed by atoms with Crippen molar-refractivity contribution >= 4 is 44.9 Å². The Labute approximate surface area is 305 Å². The van der Waals surface area contributed by atoms with E-state index in [4.69, 9.17) is 23.1 Å². The lowest BCUT2D eigenvalue weighted by molar-refractivity contribution is -0.210. The summed E-state index contributed by atoms with van der Waals surface area (Å²) in [5, 5.41) is 13.9. The minimum absolute atomic E-state index is 0.202. The van der Waals surface area contributed by atoms with E-state index in [9.17, 15) is 19.5 Å². The number of carbonyl (C=O) groups excluding carboxylic acids is 3. The molecule has 11 heteroatoms. The van der Waals surface area contributed by atoms with Crippen molar-refractivity contribution in [3.8, 4) is 0 Å². The molecule has 0 aliphatic heterocycles. The summed E-state index contributed by atoms with van der Waals surface area (Å²) in [6.07, 6.45) is -4.20. The van der Waals surface area contributed by atoms with E-state index in [1.54, 1.807) is 30.3 Å². The second-order valence-electron chi connectivity index (χ2n) is 15.7. The zero-order valence-corrected chi connectivity index (χ0v) is 34.0. The van der Waals surface area contributed by atoms with Gasteiger partial charge in [0.05, 0.1) is 18.8 Å². The minimum atomic E-state index is -3.18. The molecule has 0 bridgehead atoms. The van der Waals surface area contributed by atoms with Gasteiger partial charge in [-0.3, -0.25) is 9.59 Å². The third kappa shape index (κ3) is 10.3. The summed E-state index contributed by atoms with van der Waals surface area (Å²) in [4.78, 5) is 39.0. The first-order valence-corrected chi connectivity index (χ1v) is 22.2. The predicted molar refractivity (Wildman–Crippen MR) is 204 cm³/mol. The lowest BCUT2D eigenvalue weighted by Gasteiger charge is -2.46. The maximum absolute atomic E-state index is 13.5. The van der Waals surface area contributed by atoms with Crippen molar-refractivity contribution in [2.45, 2.75) is 109 Å². The zero-order chi connectivity index (χ0) is 38.3. The summed E-state index contributed by atoms with van der Waals surface area (Å²) in [6, 6.07) is 28.2. The quantitative estimate of drug-likeness (QED) is 0.107. The molecule has 51 heavy (non-hydrogen) atoms. The highest BCUT2D eigenvalue weighted by atomic mass is 28.4. The van der Waals surface area contributed by atoms with Gasteiger partial charge in [0.2, 0.25) is 0 Å². The van der Waals surface area contributed by atoms with Gasteiger partial charge in [-0.05, 0) is 52.6 Å². The molecule has 3 aromatic carbocycles. The number of aliphatic hydroxyl groups is 1. The average molecular weight is 737 g/mol. The minimum Gasteiger partial charge on any atom is -0.456 e. The van der Waals surface area contributed by atoms with Gasteiger partial charge in [-0.2, -0.15) is 0 Å². The molecule has 0 saturated carbocycles. The summed E-state index contributed by atoms with van der Waals surface area (Å²) >= 11 is 0. The van der Waals surface area contributed by atoms with Crippen LogP contribution in [0.4, 0.5) is 0 Å². The lowest BCUT2D eigenvalue weighted by atomic mass is 9.88.